The van der Waals surface area contributed by atoms with Gasteiger partial charge < -0.3 is 10.6 Å². The molecule has 3 nitrogen and oxygen atoms in total. The number of nitrogens with one attached hydrogen (secondary N) is 2. The molecule has 5 heteroatoms. The average molecular weight is 306 g/mol. The van der Waals surface area contributed by atoms with E-state index in [0.717, 1.165) is 34.9 Å². The minimum atomic E-state index is 0.584. The van der Waals surface area contributed by atoms with Crippen LogP contribution in [-0.4, -0.2) is 16.6 Å². The molecule has 0 saturated carbocycles. The predicted molar refractivity (Wildman–Crippen MR) is 88.4 cm³/mol. The maximum absolute atomic E-state index is 6.07. The average Bonchev–Trinajstić information content (AvgIpc) is 2.44. The first-order chi connectivity index (χ1) is 9.65. The lowest BCUT2D eigenvalue weighted by molar-refractivity contribution is 0.847. The Bertz CT molecular complexity index is 587. The van der Waals surface area contributed by atoms with E-state index < -0.39 is 0 Å². The number of aryl methyl sites for hydroxylation is 1. The largest absolute Gasteiger partial charge is 0.362 e. The predicted octanol–water partition coefficient (Wildman–Crippen LogP) is 3.57. The zero-order valence-electron chi connectivity index (χ0n) is 11.2. The van der Waals surface area contributed by atoms with Crippen LogP contribution in [0, 0.1) is 6.92 Å². The molecule has 1 aromatic heterocycles. The molecule has 2 aromatic rings. The van der Waals surface area contributed by atoms with Crippen LogP contribution in [0.2, 0.25) is 5.02 Å². The normalized spacial score (nSPS) is 10.1. The van der Waals surface area contributed by atoms with Crippen molar-refractivity contribution in [3.05, 3.63) is 58.9 Å². The van der Waals surface area contributed by atoms with Gasteiger partial charge in [-0.05, 0) is 49.0 Å². The Morgan fingerprint density at radius 2 is 2.15 bits per heavy atom. The summed E-state index contributed by atoms with van der Waals surface area (Å²) >= 11 is 11.3. The third-order valence-corrected chi connectivity index (χ3v) is 3.48. The second-order valence-corrected chi connectivity index (χ2v) is 5.23. The lowest BCUT2D eigenvalue weighted by atomic mass is 10.2. The summed E-state index contributed by atoms with van der Waals surface area (Å²) < 4.78 is 0. The van der Waals surface area contributed by atoms with Gasteiger partial charge >= 0.3 is 0 Å². The SMILES string of the molecule is Cc1ccc(NC(=S)NCCc2ccccn2)cc1Cl. The molecule has 2 rings (SSSR count). The van der Waals surface area contributed by atoms with Crippen molar-refractivity contribution in [3.63, 3.8) is 0 Å². The Balaban J connectivity index is 1.79. The molecule has 104 valence electrons. The molecule has 0 unspecified atom stereocenters. The van der Waals surface area contributed by atoms with Gasteiger partial charge in [0.2, 0.25) is 0 Å². The zero-order valence-corrected chi connectivity index (χ0v) is 12.8. The van der Waals surface area contributed by atoms with Crippen LogP contribution in [0.4, 0.5) is 5.69 Å². The second-order valence-electron chi connectivity index (χ2n) is 4.42. The first kappa shape index (κ1) is 14.8. The second kappa shape index (κ2) is 7.22. The van der Waals surface area contributed by atoms with Gasteiger partial charge in [0.25, 0.3) is 0 Å². The number of pyridine rings is 1. The van der Waals surface area contributed by atoms with E-state index in [-0.39, 0.29) is 0 Å². The van der Waals surface area contributed by atoms with Crippen molar-refractivity contribution in [1.29, 1.82) is 0 Å². The highest BCUT2D eigenvalue weighted by atomic mass is 35.5. The molecule has 20 heavy (non-hydrogen) atoms. The lowest BCUT2D eigenvalue weighted by Gasteiger charge is -2.11. The van der Waals surface area contributed by atoms with Crippen LogP contribution < -0.4 is 10.6 Å². The van der Waals surface area contributed by atoms with Gasteiger partial charge in [0.05, 0.1) is 0 Å². The summed E-state index contributed by atoms with van der Waals surface area (Å²) in [5.41, 5.74) is 2.98. The fraction of sp³-hybridized carbons (Fsp3) is 0.200. The van der Waals surface area contributed by atoms with Crippen molar-refractivity contribution in [3.8, 4) is 0 Å². The third kappa shape index (κ3) is 4.47. The fourth-order valence-electron chi connectivity index (χ4n) is 1.70. The molecule has 0 aliphatic rings. The van der Waals surface area contributed by atoms with Gasteiger partial charge in [-0.15, -0.1) is 0 Å². The number of halogens is 1. The van der Waals surface area contributed by atoms with Crippen LogP contribution in [-0.2, 0) is 6.42 Å². The van der Waals surface area contributed by atoms with Gasteiger partial charge in [0.1, 0.15) is 0 Å². The highest BCUT2D eigenvalue weighted by molar-refractivity contribution is 7.80. The molecule has 0 atom stereocenters. The lowest BCUT2D eigenvalue weighted by Crippen LogP contribution is -2.30. The van der Waals surface area contributed by atoms with Gasteiger partial charge in [0, 0.05) is 35.6 Å². The molecule has 2 N–H and O–H groups in total. The number of hydrogen-bond acceptors (Lipinski definition) is 2. The highest BCUT2D eigenvalue weighted by Gasteiger charge is 2.01. The van der Waals surface area contributed by atoms with E-state index >= 15 is 0 Å². The van der Waals surface area contributed by atoms with E-state index in [1.54, 1.807) is 6.20 Å². The Hall–Kier alpha value is -1.65. The van der Waals surface area contributed by atoms with E-state index in [1.165, 1.54) is 0 Å². The maximum Gasteiger partial charge on any atom is 0.170 e. The van der Waals surface area contributed by atoms with Crippen LogP contribution >= 0.6 is 23.8 Å². The van der Waals surface area contributed by atoms with Gasteiger partial charge in [-0.3, -0.25) is 4.98 Å². The molecule has 0 radical (unpaired) electrons. The molecule has 0 saturated heterocycles. The summed E-state index contributed by atoms with van der Waals surface area (Å²) in [7, 11) is 0. The van der Waals surface area contributed by atoms with E-state index in [0.29, 0.717) is 5.11 Å². The molecule has 0 spiro atoms. The Morgan fingerprint density at radius 1 is 1.30 bits per heavy atom. The summed E-state index contributed by atoms with van der Waals surface area (Å²) in [5, 5.41) is 7.57. The van der Waals surface area contributed by atoms with E-state index in [4.69, 9.17) is 23.8 Å². The standard InChI is InChI=1S/C15H16ClN3S/c1-11-5-6-13(10-14(11)16)19-15(20)18-9-7-12-4-2-3-8-17-12/h2-6,8,10H,7,9H2,1H3,(H2,18,19,20). The number of aromatic nitrogens is 1. The van der Waals surface area contributed by atoms with Crippen molar-refractivity contribution in [1.82, 2.24) is 10.3 Å². The zero-order chi connectivity index (χ0) is 14.4. The molecular weight excluding hydrogens is 290 g/mol. The third-order valence-electron chi connectivity index (χ3n) is 2.82. The summed E-state index contributed by atoms with van der Waals surface area (Å²) in [6, 6.07) is 11.7. The van der Waals surface area contributed by atoms with Gasteiger partial charge in [-0.25, -0.2) is 0 Å². The van der Waals surface area contributed by atoms with Crippen molar-refractivity contribution in [2.75, 3.05) is 11.9 Å². The van der Waals surface area contributed by atoms with Gasteiger partial charge in [-0.2, -0.15) is 0 Å². The van der Waals surface area contributed by atoms with E-state index in [2.05, 4.69) is 15.6 Å². The molecule has 0 bridgehead atoms. The van der Waals surface area contributed by atoms with E-state index in [1.807, 2.05) is 43.3 Å². The first-order valence-electron chi connectivity index (χ1n) is 6.36. The van der Waals surface area contributed by atoms with Crippen molar-refractivity contribution in [2.24, 2.45) is 0 Å². The first-order valence-corrected chi connectivity index (χ1v) is 7.14. The summed E-state index contributed by atoms with van der Waals surface area (Å²) in [6.45, 7) is 2.71. The molecule has 1 aromatic carbocycles. The van der Waals surface area contributed by atoms with Crippen molar-refractivity contribution in [2.45, 2.75) is 13.3 Å². The summed E-state index contributed by atoms with van der Waals surface area (Å²) in [4.78, 5) is 4.26. The van der Waals surface area contributed by atoms with Crippen LogP contribution in [0.25, 0.3) is 0 Å². The smallest absolute Gasteiger partial charge is 0.170 e. The maximum atomic E-state index is 6.07. The monoisotopic (exact) mass is 305 g/mol. The van der Waals surface area contributed by atoms with Gasteiger partial charge in [0.15, 0.2) is 5.11 Å². The number of benzene rings is 1. The Morgan fingerprint density at radius 3 is 2.85 bits per heavy atom. The van der Waals surface area contributed by atoms with E-state index in [9.17, 15) is 0 Å². The number of thiocarbonyl (C=S) groups is 1. The number of hydrogen-bond donors (Lipinski definition) is 2. The minimum Gasteiger partial charge on any atom is -0.362 e. The fourth-order valence-corrected chi connectivity index (χ4v) is 2.10. The van der Waals surface area contributed by atoms with Crippen LogP contribution in [0.1, 0.15) is 11.3 Å². The topological polar surface area (TPSA) is 37.0 Å². The van der Waals surface area contributed by atoms with Gasteiger partial charge in [-0.1, -0.05) is 23.7 Å². The van der Waals surface area contributed by atoms with Crippen molar-refractivity contribution < 1.29 is 0 Å². The van der Waals surface area contributed by atoms with Crippen LogP contribution in [0.15, 0.2) is 42.6 Å². The molecular formula is C15H16ClN3S. The molecule has 0 fully saturated rings. The minimum absolute atomic E-state index is 0.584. The summed E-state index contributed by atoms with van der Waals surface area (Å²) in [5.74, 6) is 0. The molecule has 1 heterocycles. The molecule has 0 aliphatic carbocycles. The van der Waals surface area contributed by atoms with Crippen molar-refractivity contribution >= 4 is 34.6 Å². The molecule has 0 aliphatic heterocycles. The summed E-state index contributed by atoms with van der Waals surface area (Å²) in [6.07, 6.45) is 2.62. The number of rotatable bonds is 4. The quantitative estimate of drug-likeness (QED) is 0.847. The Kier molecular flexibility index (Phi) is 5.32. The molecule has 0 amide bonds. The number of anilines is 1. The van der Waals surface area contributed by atoms with Crippen LogP contribution in [0.5, 0.6) is 0 Å². The van der Waals surface area contributed by atoms with Crippen LogP contribution in [0.3, 0.4) is 0 Å². The highest BCUT2D eigenvalue weighted by Crippen LogP contribution is 2.19. The Labute approximate surface area is 129 Å². The number of nitrogens with zero attached hydrogens (tertiary/aromatic N) is 1.